The summed E-state index contributed by atoms with van der Waals surface area (Å²) in [7, 11) is 0. The first-order valence-corrected chi connectivity index (χ1v) is 32.0. The van der Waals surface area contributed by atoms with Gasteiger partial charge >= 0.3 is 23.9 Å². The van der Waals surface area contributed by atoms with Crippen molar-refractivity contribution in [3.8, 4) is 0 Å². The number of carboxylic acids is 1. The highest BCUT2D eigenvalue weighted by molar-refractivity contribution is 5.74. The molecule has 0 aromatic rings. The fraction of sp³-hybridized carbons (Fsp3) is 0.846. The van der Waals surface area contributed by atoms with Crippen LogP contribution in [-0.2, 0) is 42.9 Å². The van der Waals surface area contributed by atoms with E-state index in [1.54, 1.807) is 0 Å². The number of rotatable bonds is 55. The number of aliphatic hydroxyl groups excluding tert-OH is 2. The lowest BCUT2D eigenvalue weighted by Gasteiger charge is -2.40. The molecule has 1 heterocycles. The minimum Gasteiger partial charge on any atom is -0.479 e. The second kappa shape index (κ2) is 53.6. The molecule has 0 amide bonds. The first-order chi connectivity index (χ1) is 37.6. The summed E-state index contributed by atoms with van der Waals surface area (Å²) in [6, 6.07) is 0. The first-order valence-electron chi connectivity index (χ1n) is 32.0. The molecule has 0 radical (unpaired) electrons. The van der Waals surface area contributed by atoms with Crippen molar-refractivity contribution in [1.82, 2.24) is 0 Å². The summed E-state index contributed by atoms with van der Waals surface area (Å²) in [5.74, 6) is -3.11. The maximum absolute atomic E-state index is 13.1. The molecule has 1 aliphatic heterocycles. The predicted molar refractivity (Wildman–Crippen MR) is 313 cm³/mol. The van der Waals surface area contributed by atoms with E-state index < -0.39 is 67.3 Å². The molecule has 0 aromatic carbocycles. The van der Waals surface area contributed by atoms with Crippen LogP contribution in [0.5, 0.6) is 0 Å². The molecular weight excluding hydrogens is 973 g/mol. The Morgan fingerprint density at radius 1 is 0.429 bits per heavy atom. The zero-order chi connectivity index (χ0) is 56.1. The number of ether oxygens (including phenoxy) is 5. The van der Waals surface area contributed by atoms with Gasteiger partial charge in [-0.25, -0.2) is 4.79 Å². The van der Waals surface area contributed by atoms with E-state index in [0.717, 1.165) is 89.9 Å². The van der Waals surface area contributed by atoms with Gasteiger partial charge in [-0.1, -0.05) is 263 Å². The van der Waals surface area contributed by atoms with E-state index in [4.69, 9.17) is 23.7 Å². The van der Waals surface area contributed by atoms with E-state index in [9.17, 15) is 34.5 Å². The van der Waals surface area contributed by atoms with Crippen LogP contribution in [-0.4, -0.2) is 89.2 Å². The van der Waals surface area contributed by atoms with Crippen LogP contribution in [0.4, 0.5) is 0 Å². The average molecular weight is 1090 g/mol. The Hall–Kier alpha value is -3.06. The van der Waals surface area contributed by atoms with Crippen molar-refractivity contribution in [2.24, 2.45) is 0 Å². The van der Waals surface area contributed by atoms with Gasteiger partial charge in [0.15, 0.2) is 24.6 Å². The van der Waals surface area contributed by atoms with E-state index in [2.05, 4.69) is 57.2 Å². The van der Waals surface area contributed by atoms with Crippen LogP contribution >= 0.6 is 0 Å². The Labute approximate surface area is 470 Å². The molecule has 0 spiro atoms. The van der Waals surface area contributed by atoms with Crippen molar-refractivity contribution in [3.63, 3.8) is 0 Å². The molecule has 0 saturated carbocycles. The molecule has 12 heteroatoms. The summed E-state index contributed by atoms with van der Waals surface area (Å²) in [6.45, 7) is 5.98. The Morgan fingerprint density at radius 2 is 0.779 bits per heavy atom. The quantitative estimate of drug-likeness (QED) is 0.0228. The summed E-state index contributed by atoms with van der Waals surface area (Å²) in [6.07, 6.45) is 51.2. The monoisotopic (exact) mass is 1090 g/mol. The average Bonchev–Trinajstić information content (AvgIpc) is 3.42. The van der Waals surface area contributed by atoms with Crippen LogP contribution in [0.25, 0.3) is 0 Å². The van der Waals surface area contributed by atoms with Gasteiger partial charge in [-0.15, -0.1) is 0 Å². The van der Waals surface area contributed by atoms with Crippen molar-refractivity contribution in [3.05, 3.63) is 36.5 Å². The van der Waals surface area contributed by atoms with Gasteiger partial charge in [-0.2, -0.15) is 0 Å². The number of aliphatic carboxylic acids is 1. The van der Waals surface area contributed by atoms with Gasteiger partial charge < -0.3 is 39.0 Å². The summed E-state index contributed by atoms with van der Waals surface area (Å²) < 4.78 is 28.5. The third-order valence-corrected chi connectivity index (χ3v) is 14.7. The molecule has 0 aromatic heterocycles. The summed E-state index contributed by atoms with van der Waals surface area (Å²) >= 11 is 0. The Balaban J connectivity index is 2.58. The second-order valence-corrected chi connectivity index (χ2v) is 22.1. The number of unbranched alkanes of at least 4 members (excludes halogenated alkanes) is 35. The summed E-state index contributed by atoms with van der Waals surface area (Å²) in [5, 5.41) is 31.5. The van der Waals surface area contributed by atoms with E-state index in [-0.39, 0.29) is 25.9 Å². The van der Waals surface area contributed by atoms with Crippen molar-refractivity contribution in [2.45, 2.75) is 340 Å². The minimum absolute atomic E-state index is 0.0495. The predicted octanol–water partition coefficient (Wildman–Crippen LogP) is 16.8. The highest BCUT2D eigenvalue weighted by Crippen LogP contribution is 2.27. The van der Waals surface area contributed by atoms with E-state index >= 15 is 0 Å². The number of hydrogen-bond acceptors (Lipinski definition) is 11. The summed E-state index contributed by atoms with van der Waals surface area (Å²) in [4.78, 5) is 51.1. The molecule has 0 bridgehead atoms. The lowest BCUT2D eigenvalue weighted by Crippen LogP contribution is -2.61. The van der Waals surface area contributed by atoms with E-state index in [1.807, 2.05) is 0 Å². The van der Waals surface area contributed by atoms with Gasteiger partial charge in [-0.3, -0.25) is 14.4 Å². The molecule has 77 heavy (non-hydrogen) atoms. The van der Waals surface area contributed by atoms with Crippen molar-refractivity contribution >= 4 is 23.9 Å². The van der Waals surface area contributed by atoms with Gasteiger partial charge in [0.2, 0.25) is 0 Å². The second-order valence-electron chi connectivity index (χ2n) is 22.1. The van der Waals surface area contributed by atoms with Crippen molar-refractivity contribution < 1.29 is 58.2 Å². The molecule has 1 saturated heterocycles. The fourth-order valence-electron chi connectivity index (χ4n) is 9.79. The van der Waals surface area contributed by atoms with Crippen LogP contribution in [0, 0.1) is 0 Å². The largest absolute Gasteiger partial charge is 0.479 e. The molecule has 6 atom stereocenters. The fourth-order valence-corrected chi connectivity index (χ4v) is 9.79. The van der Waals surface area contributed by atoms with Gasteiger partial charge in [0.1, 0.15) is 18.8 Å². The van der Waals surface area contributed by atoms with Crippen molar-refractivity contribution in [2.75, 3.05) is 13.2 Å². The van der Waals surface area contributed by atoms with E-state index in [0.29, 0.717) is 19.3 Å². The number of carboxylic acid groups (broad SMARTS) is 1. The number of carbonyl (C=O) groups is 4. The van der Waals surface area contributed by atoms with Gasteiger partial charge in [-0.05, 0) is 57.8 Å². The van der Waals surface area contributed by atoms with Crippen LogP contribution in [0.3, 0.4) is 0 Å². The zero-order valence-corrected chi connectivity index (χ0v) is 49.5. The minimum atomic E-state index is -1.90. The SMILES string of the molecule is CCCCC/C=C\C/C=C\C/C=C\CCCCCCCCC(=O)OC1C(OCC(COC(=O)CCCCCCCCCCCCCCCCCCCCC)OC(=O)CCCCCCCCCCC)OC(C(=O)O)C(O)C1O. The van der Waals surface area contributed by atoms with Crippen LogP contribution in [0.15, 0.2) is 36.5 Å². The summed E-state index contributed by atoms with van der Waals surface area (Å²) in [5.41, 5.74) is 0. The van der Waals surface area contributed by atoms with Gasteiger partial charge in [0.25, 0.3) is 0 Å². The van der Waals surface area contributed by atoms with Crippen LogP contribution < -0.4 is 0 Å². The third kappa shape index (κ3) is 43.4. The first kappa shape index (κ1) is 72.0. The van der Waals surface area contributed by atoms with Crippen molar-refractivity contribution in [1.29, 1.82) is 0 Å². The van der Waals surface area contributed by atoms with Crippen LogP contribution in [0.1, 0.15) is 303 Å². The molecular formula is C65H116O12. The normalized spacial score (nSPS) is 18.2. The standard InChI is InChI=1S/C65H116O12/c1-4-7-10-13-16-19-21-23-25-27-29-31-33-35-37-40-42-45-48-51-57(66)73-54-56(75-58(67)52-49-46-43-39-18-15-12-9-6-3)55-74-65-63(61(70)60(69)62(77-65)64(71)72)76-59(68)53-50-47-44-41-38-36-34-32-30-28-26-24-22-20-17-14-11-8-5-2/h17,20,24,26,30,32,56,60-63,65,69-70H,4-16,18-19,21-23,25,27-29,31,33-55H2,1-3H3,(H,71,72)/b20-17-,26-24-,32-30-. The lowest BCUT2D eigenvalue weighted by atomic mass is 9.98. The molecule has 0 aliphatic carbocycles. The molecule has 448 valence electrons. The number of esters is 3. The molecule has 12 nitrogen and oxygen atoms in total. The molecule has 1 rings (SSSR count). The number of allylic oxidation sites excluding steroid dienone is 6. The van der Waals surface area contributed by atoms with Gasteiger partial charge in [0.05, 0.1) is 6.61 Å². The van der Waals surface area contributed by atoms with E-state index in [1.165, 1.54) is 154 Å². The topological polar surface area (TPSA) is 175 Å². The Morgan fingerprint density at radius 3 is 1.21 bits per heavy atom. The number of carbonyl (C=O) groups excluding carboxylic acids is 3. The maximum atomic E-state index is 13.1. The molecule has 6 unspecified atom stereocenters. The highest BCUT2D eigenvalue weighted by Gasteiger charge is 2.50. The number of aliphatic hydroxyl groups is 2. The van der Waals surface area contributed by atoms with Gasteiger partial charge in [0, 0.05) is 19.3 Å². The molecule has 1 fully saturated rings. The smallest absolute Gasteiger partial charge is 0.335 e. The third-order valence-electron chi connectivity index (χ3n) is 14.7. The number of hydrogen-bond donors (Lipinski definition) is 3. The maximum Gasteiger partial charge on any atom is 0.335 e. The molecule has 1 aliphatic rings. The lowest BCUT2D eigenvalue weighted by molar-refractivity contribution is -0.301. The zero-order valence-electron chi connectivity index (χ0n) is 49.5. The van der Waals surface area contributed by atoms with Crippen LogP contribution in [0.2, 0.25) is 0 Å². The molecule has 3 N–H and O–H groups in total. The highest BCUT2D eigenvalue weighted by atomic mass is 16.7. The Kier molecular flexibility index (Phi) is 50.1. The Bertz CT molecular complexity index is 1480.